The monoisotopic (exact) mass is 184 g/mol. The van der Waals surface area contributed by atoms with Crippen LogP contribution in [-0.4, -0.2) is 50.0 Å². The van der Waals surface area contributed by atoms with E-state index in [9.17, 15) is 0 Å². The van der Waals surface area contributed by atoms with Gasteiger partial charge in [0.1, 0.15) is 0 Å². The maximum Gasteiger partial charge on any atom is 0.200 e. The van der Waals surface area contributed by atoms with Crippen LogP contribution in [0.1, 0.15) is 6.92 Å². The molecule has 0 radical (unpaired) electrons. The van der Waals surface area contributed by atoms with Crippen molar-refractivity contribution in [2.45, 2.75) is 6.92 Å². The number of aliphatic imine (C=N–C) groups is 1. The number of guanidine groups is 1. The Labute approximate surface area is 80.7 Å². The fraction of sp³-hybridized carbons (Fsp3) is 0.667. The van der Waals surface area contributed by atoms with Crippen LogP contribution in [0, 0.1) is 0 Å². The molecule has 4 heteroatoms. The molecule has 0 aliphatic rings. The molecule has 0 aliphatic heterocycles. The summed E-state index contributed by atoms with van der Waals surface area (Å²) in [7, 11) is 5.92. The van der Waals surface area contributed by atoms with E-state index >= 15 is 0 Å². The summed E-state index contributed by atoms with van der Waals surface area (Å²) in [5.74, 6) is 0.920. The minimum Gasteiger partial charge on any atom is -0.349 e. The highest BCUT2D eigenvalue weighted by Gasteiger charge is 2.05. The molecule has 0 unspecified atom stereocenters. The lowest BCUT2D eigenvalue weighted by atomic mass is 10.5. The van der Waals surface area contributed by atoms with Gasteiger partial charge in [-0.3, -0.25) is 0 Å². The van der Waals surface area contributed by atoms with Crippen molar-refractivity contribution in [1.29, 1.82) is 0 Å². The first-order chi connectivity index (χ1) is 6.13. The minimum absolute atomic E-state index is 0.638. The predicted octanol–water partition coefficient (Wildman–Crippen LogP) is 0.328. The van der Waals surface area contributed by atoms with Crippen molar-refractivity contribution in [3.05, 3.63) is 12.3 Å². The highest BCUT2D eigenvalue weighted by atomic mass is 15.3. The van der Waals surface area contributed by atoms with Crippen LogP contribution in [0.5, 0.6) is 0 Å². The van der Waals surface area contributed by atoms with Gasteiger partial charge in [0.25, 0.3) is 0 Å². The molecular formula is C9H20N4. The highest BCUT2D eigenvalue weighted by molar-refractivity contribution is 5.79. The van der Waals surface area contributed by atoms with E-state index in [0.29, 0.717) is 6.54 Å². The Balaban J connectivity index is 4.40. The molecule has 0 rings (SSSR count). The van der Waals surface area contributed by atoms with E-state index in [1.165, 1.54) is 0 Å². The van der Waals surface area contributed by atoms with Gasteiger partial charge in [0.2, 0.25) is 0 Å². The fourth-order valence-corrected chi connectivity index (χ4v) is 0.990. The van der Waals surface area contributed by atoms with Crippen molar-refractivity contribution in [2.24, 2.45) is 10.7 Å². The van der Waals surface area contributed by atoms with E-state index in [1.54, 1.807) is 6.20 Å². The normalized spacial score (nSPS) is 12.2. The third kappa shape index (κ3) is 4.52. The molecule has 0 spiro atoms. The summed E-state index contributed by atoms with van der Waals surface area (Å²) in [5, 5.41) is 0. The van der Waals surface area contributed by atoms with Gasteiger partial charge in [0, 0.05) is 40.4 Å². The molecule has 0 saturated heterocycles. The topological polar surface area (TPSA) is 44.9 Å². The zero-order chi connectivity index (χ0) is 10.3. The maximum atomic E-state index is 5.46. The molecule has 0 saturated carbocycles. The van der Waals surface area contributed by atoms with Gasteiger partial charge in [-0.15, -0.1) is 0 Å². The van der Waals surface area contributed by atoms with Crippen LogP contribution < -0.4 is 5.73 Å². The van der Waals surface area contributed by atoms with Crippen molar-refractivity contribution in [1.82, 2.24) is 9.80 Å². The molecule has 76 valence electrons. The van der Waals surface area contributed by atoms with Gasteiger partial charge in [-0.25, -0.2) is 4.99 Å². The number of hydrogen-bond donors (Lipinski definition) is 1. The molecule has 0 aromatic carbocycles. The number of hydrogen-bond acceptors (Lipinski definition) is 2. The van der Waals surface area contributed by atoms with Crippen LogP contribution >= 0.6 is 0 Å². The Hall–Kier alpha value is -1.03. The summed E-state index contributed by atoms with van der Waals surface area (Å²) in [5.41, 5.74) is 5.46. The molecule has 0 heterocycles. The van der Waals surface area contributed by atoms with Gasteiger partial charge in [-0.1, -0.05) is 6.08 Å². The number of nitrogens with two attached hydrogens (primary N) is 1. The van der Waals surface area contributed by atoms with Crippen molar-refractivity contribution >= 4 is 5.96 Å². The van der Waals surface area contributed by atoms with Gasteiger partial charge in [0.15, 0.2) is 5.96 Å². The van der Waals surface area contributed by atoms with Gasteiger partial charge in [0.05, 0.1) is 0 Å². The third-order valence-corrected chi connectivity index (χ3v) is 1.55. The Morgan fingerprint density at radius 1 is 1.38 bits per heavy atom. The second kappa shape index (κ2) is 6.48. The fourth-order valence-electron chi connectivity index (χ4n) is 0.990. The zero-order valence-corrected chi connectivity index (χ0v) is 8.99. The van der Waals surface area contributed by atoms with Crippen LogP contribution in [-0.2, 0) is 0 Å². The van der Waals surface area contributed by atoms with E-state index in [1.807, 2.05) is 43.9 Å². The number of likely N-dealkylation sites (N-methyl/N-ethyl adjacent to an activating group) is 1. The van der Waals surface area contributed by atoms with Crippen molar-refractivity contribution in [3.63, 3.8) is 0 Å². The summed E-state index contributed by atoms with van der Waals surface area (Å²) in [6, 6.07) is 0. The summed E-state index contributed by atoms with van der Waals surface area (Å²) < 4.78 is 0. The first-order valence-electron chi connectivity index (χ1n) is 4.41. The Bertz CT molecular complexity index is 184. The quantitative estimate of drug-likeness (QED) is 0.508. The first-order valence-corrected chi connectivity index (χ1v) is 4.41. The van der Waals surface area contributed by atoms with Crippen molar-refractivity contribution in [3.8, 4) is 0 Å². The third-order valence-electron chi connectivity index (χ3n) is 1.55. The lowest BCUT2D eigenvalue weighted by Gasteiger charge is -2.25. The average molecular weight is 184 g/mol. The van der Waals surface area contributed by atoms with Crippen LogP contribution in [0.2, 0.25) is 0 Å². The Morgan fingerprint density at radius 2 is 2.00 bits per heavy atom. The smallest absolute Gasteiger partial charge is 0.200 e. The van der Waals surface area contributed by atoms with Crippen LogP contribution in [0.15, 0.2) is 17.3 Å². The molecular weight excluding hydrogens is 164 g/mol. The molecule has 0 fully saturated rings. The van der Waals surface area contributed by atoms with E-state index < -0.39 is 0 Å². The Kier molecular flexibility index (Phi) is 5.97. The molecule has 13 heavy (non-hydrogen) atoms. The zero-order valence-electron chi connectivity index (χ0n) is 8.99. The molecule has 0 bridgehead atoms. The van der Waals surface area contributed by atoms with Crippen LogP contribution in [0.3, 0.4) is 0 Å². The first kappa shape index (κ1) is 12.0. The number of nitrogens with zero attached hydrogens (tertiary/aromatic N) is 3. The minimum atomic E-state index is 0.638. The van der Waals surface area contributed by atoms with E-state index in [0.717, 1.165) is 12.5 Å². The largest absolute Gasteiger partial charge is 0.349 e. The Morgan fingerprint density at radius 3 is 2.38 bits per heavy atom. The molecule has 0 aromatic rings. The summed E-state index contributed by atoms with van der Waals surface area (Å²) in [6.45, 7) is 3.40. The van der Waals surface area contributed by atoms with Gasteiger partial charge >= 0.3 is 0 Å². The standard InChI is InChI=1S/C9H20N4/c1-5-7-11-9(12(2)3)13(4)8-6-10/h5,7H,6,8,10H2,1-4H3/b7-5+,11-9+. The molecule has 2 N–H and O–H groups in total. The van der Waals surface area contributed by atoms with E-state index in [2.05, 4.69) is 4.99 Å². The lowest BCUT2D eigenvalue weighted by molar-refractivity contribution is 0.432. The molecule has 0 aliphatic carbocycles. The lowest BCUT2D eigenvalue weighted by Crippen LogP contribution is -2.40. The average Bonchev–Trinajstić information content (AvgIpc) is 2.05. The van der Waals surface area contributed by atoms with Gasteiger partial charge in [-0.2, -0.15) is 0 Å². The molecule has 0 amide bonds. The number of rotatable bonds is 3. The van der Waals surface area contributed by atoms with E-state index in [-0.39, 0.29) is 0 Å². The second-order valence-electron chi connectivity index (χ2n) is 3.02. The highest BCUT2D eigenvalue weighted by Crippen LogP contribution is 1.92. The SMILES string of the molecule is C/C=C/N=C(\N(C)C)N(C)CCN. The van der Waals surface area contributed by atoms with Crippen molar-refractivity contribution < 1.29 is 0 Å². The van der Waals surface area contributed by atoms with Crippen LogP contribution in [0.4, 0.5) is 0 Å². The molecule has 0 atom stereocenters. The predicted molar refractivity (Wildman–Crippen MR) is 57.6 cm³/mol. The summed E-state index contributed by atoms with van der Waals surface area (Å²) in [4.78, 5) is 8.29. The maximum absolute atomic E-state index is 5.46. The summed E-state index contributed by atoms with van der Waals surface area (Å²) in [6.07, 6.45) is 3.68. The van der Waals surface area contributed by atoms with Crippen molar-refractivity contribution in [2.75, 3.05) is 34.2 Å². The second-order valence-corrected chi connectivity index (χ2v) is 3.02. The van der Waals surface area contributed by atoms with Crippen LogP contribution in [0.25, 0.3) is 0 Å². The molecule has 0 aromatic heterocycles. The van der Waals surface area contributed by atoms with Gasteiger partial charge < -0.3 is 15.5 Å². The van der Waals surface area contributed by atoms with E-state index in [4.69, 9.17) is 5.73 Å². The molecule has 4 nitrogen and oxygen atoms in total. The van der Waals surface area contributed by atoms with Gasteiger partial charge in [-0.05, 0) is 6.92 Å². The number of allylic oxidation sites excluding steroid dienone is 1. The summed E-state index contributed by atoms with van der Waals surface area (Å²) >= 11 is 0.